The van der Waals surface area contributed by atoms with E-state index in [-0.39, 0.29) is 25.0 Å². The monoisotopic (exact) mass is 369 g/mol. The number of hydrogen-bond acceptors (Lipinski definition) is 5. The van der Waals surface area contributed by atoms with Gasteiger partial charge in [0.25, 0.3) is 0 Å². The van der Waals surface area contributed by atoms with Gasteiger partial charge in [-0.2, -0.15) is 0 Å². The van der Waals surface area contributed by atoms with E-state index in [1.165, 1.54) is 4.31 Å². The van der Waals surface area contributed by atoms with Gasteiger partial charge in [-0.15, -0.1) is 0 Å². The Bertz CT molecular complexity index is 668. The van der Waals surface area contributed by atoms with Crippen LogP contribution in [0.25, 0.3) is 0 Å². The summed E-state index contributed by atoms with van der Waals surface area (Å²) in [5.74, 6) is -0.172. The molecular formula is C17H27N3O4S. The van der Waals surface area contributed by atoms with Gasteiger partial charge in [0.15, 0.2) is 0 Å². The summed E-state index contributed by atoms with van der Waals surface area (Å²) in [6.07, 6.45) is 3.31. The summed E-state index contributed by atoms with van der Waals surface area (Å²) in [4.78, 5) is 13.9. The molecule has 1 fully saturated rings. The molecule has 0 aromatic heterocycles. The molecule has 1 heterocycles. The minimum Gasteiger partial charge on any atom is -0.378 e. The van der Waals surface area contributed by atoms with Crippen molar-refractivity contribution in [3.63, 3.8) is 0 Å². The summed E-state index contributed by atoms with van der Waals surface area (Å²) in [5.41, 5.74) is 1.53. The third-order valence-corrected chi connectivity index (χ3v) is 5.34. The molecule has 1 atom stereocenters. The third-order valence-electron chi connectivity index (χ3n) is 4.15. The van der Waals surface area contributed by atoms with E-state index >= 15 is 0 Å². The third kappa shape index (κ3) is 5.89. The average Bonchev–Trinajstić information content (AvgIpc) is 3.05. The predicted molar refractivity (Wildman–Crippen MR) is 99.6 cm³/mol. The molecule has 1 aromatic carbocycles. The fraction of sp³-hybridized carbons (Fsp3) is 0.588. The van der Waals surface area contributed by atoms with Crippen LogP contribution in [0.15, 0.2) is 24.3 Å². The average molecular weight is 369 g/mol. The zero-order valence-electron chi connectivity index (χ0n) is 15.1. The molecule has 1 saturated heterocycles. The van der Waals surface area contributed by atoms with Gasteiger partial charge in [-0.1, -0.05) is 0 Å². The molecule has 0 aliphatic carbocycles. The summed E-state index contributed by atoms with van der Waals surface area (Å²) in [5, 5.41) is 2.81. The quantitative estimate of drug-likeness (QED) is 0.745. The second kappa shape index (κ2) is 8.53. The van der Waals surface area contributed by atoms with Crippen molar-refractivity contribution in [2.75, 3.05) is 49.3 Å². The van der Waals surface area contributed by atoms with Crippen molar-refractivity contribution >= 4 is 27.3 Å². The molecule has 0 spiro atoms. The molecule has 0 saturated carbocycles. The molecule has 0 radical (unpaired) electrons. The first-order chi connectivity index (χ1) is 11.8. The van der Waals surface area contributed by atoms with E-state index in [0.717, 1.165) is 31.4 Å². The van der Waals surface area contributed by atoms with Crippen LogP contribution in [-0.4, -0.2) is 60.5 Å². The summed E-state index contributed by atoms with van der Waals surface area (Å²) in [6, 6.07) is 7.21. The Morgan fingerprint density at radius 1 is 1.24 bits per heavy atom. The summed E-state index contributed by atoms with van der Waals surface area (Å²) < 4.78 is 30.9. The maximum atomic E-state index is 12.1. The fourth-order valence-electron chi connectivity index (χ4n) is 2.73. The van der Waals surface area contributed by atoms with Gasteiger partial charge in [0.1, 0.15) is 0 Å². The van der Waals surface area contributed by atoms with Gasteiger partial charge in [-0.05, 0) is 37.1 Å². The molecule has 1 aliphatic heterocycles. The van der Waals surface area contributed by atoms with E-state index in [1.54, 1.807) is 12.1 Å². The Balaban J connectivity index is 1.94. The van der Waals surface area contributed by atoms with E-state index in [2.05, 4.69) is 5.32 Å². The number of anilines is 2. The highest BCUT2D eigenvalue weighted by Crippen LogP contribution is 2.22. The highest BCUT2D eigenvalue weighted by atomic mass is 32.2. The zero-order valence-corrected chi connectivity index (χ0v) is 15.9. The molecule has 1 unspecified atom stereocenters. The van der Waals surface area contributed by atoms with Crippen LogP contribution in [0.5, 0.6) is 0 Å². The van der Waals surface area contributed by atoms with Crippen LogP contribution in [0.1, 0.15) is 19.3 Å². The van der Waals surface area contributed by atoms with Crippen LogP contribution in [0, 0.1) is 0 Å². The molecule has 1 aromatic rings. The Morgan fingerprint density at radius 2 is 1.88 bits per heavy atom. The van der Waals surface area contributed by atoms with Gasteiger partial charge in [0, 0.05) is 45.9 Å². The van der Waals surface area contributed by atoms with E-state index in [4.69, 9.17) is 4.74 Å². The molecule has 140 valence electrons. The largest absolute Gasteiger partial charge is 0.378 e. The van der Waals surface area contributed by atoms with Gasteiger partial charge >= 0.3 is 0 Å². The number of rotatable bonds is 8. The van der Waals surface area contributed by atoms with Crippen molar-refractivity contribution in [3.8, 4) is 0 Å². The Morgan fingerprint density at radius 3 is 2.40 bits per heavy atom. The topological polar surface area (TPSA) is 79.0 Å². The first-order valence-corrected chi connectivity index (χ1v) is 10.3. The molecule has 1 amide bonds. The van der Waals surface area contributed by atoms with E-state index in [0.29, 0.717) is 12.2 Å². The maximum Gasteiger partial charge on any atom is 0.232 e. The maximum absolute atomic E-state index is 12.1. The smallest absolute Gasteiger partial charge is 0.232 e. The lowest BCUT2D eigenvalue weighted by Gasteiger charge is -2.23. The van der Waals surface area contributed by atoms with E-state index < -0.39 is 10.0 Å². The number of carbonyl (C=O) groups excluding carboxylic acids is 1. The van der Waals surface area contributed by atoms with Crippen molar-refractivity contribution in [1.29, 1.82) is 0 Å². The number of hydrogen-bond donors (Lipinski definition) is 1. The second-order valence-electron chi connectivity index (χ2n) is 6.44. The first kappa shape index (κ1) is 19.5. The number of amides is 1. The minimum atomic E-state index is -3.46. The van der Waals surface area contributed by atoms with Crippen molar-refractivity contribution in [3.05, 3.63) is 24.3 Å². The normalized spacial score (nSPS) is 17.3. The predicted octanol–water partition coefficient (Wildman–Crippen LogP) is 1.20. The molecule has 0 bridgehead atoms. The lowest BCUT2D eigenvalue weighted by molar-refractivity contribution is -0.121. The van der Waals surface area contributed by atoms with Crippen molar-refractivity contribution in [1.82, 2.24) is 5.32 Å². The number of carbonyl (C=O) groups is 1. The van der Waals surface area contributed by atoms with Gasteiger partial charge in [0.2, 0.25) is 15.9 Å². The van der Waals surface area contributed by atoms with E-state index in [9.17, 15) is 13.2 Å². The SMILES string of the molecule is CN(C)c1ccc(N(CCC(=O)NCC2CCCO2)S(C)(=O)=O)cc1. The van der Waals surface area contributed by atoms with Crippen LogP contribution >= 0.6 is 0 Å². The van der Waals surface area contributed by atoms with Crippen molar-refractivity contribution in [2.24, 2.45) is 0 Å². The van der Waals surface area contributed by atoms with Crippen LogP contribution in [0.4, 0.5) is 11.4 Å². The number of benzene rings is 1. The zero-order chi connectivity index (χ0) is 18.4. The molecule has 1 aliphatic rings. The number of nitrogens with zero attached hydrogens (tertiary/aromatic N) is 2. The van der Waals surface area contributed by atoms with Gasteiger partial charge < -0.3 is 15.0 Å². The van der Waals surface area contributed by atoms with E-state index in [1.807, 2.05) is 31.1 Å². The molecule has 2 rings (SSSR count). The van der Waals surface area contributed by atoms with Gasteiger partial charge in [-0.25, -0.2) is 8.42 Å². The number of sulfonamides is 1. The number of nitrogens with one attached hydrogen (secondary N) is 1. The summed E-state index contributed by atoms with van der Waals surface area (Å²) >= 11 is 0. The van der Waals surface area contributed by atoms with Gasteiger partial charge in [0.05, 0.1) is 18.0 Å². The highest BCUT2D eigenvalue weighted by molar-refractivity contribution is 7.92. The van der Waals surface area contributed by atoms with Crippen molar-refractivity contribution in [2.45, 2.75) is 25.4 Å². The lowest BCUT2D eigenvalue weighted by atomic mass is 10.2. The van der Waals surface area contributed by atoms with Crippen LogP contribution in [0.2, 0.25) is 0 Å². The molecule has 25 heavy (non-hydrogen) atoms. The molecular weight excluding hydrogens is 342 g/mol. The van der Waals surface area contributed by atoms with Crippen molar-refractivity contribution < 1.29 is 17.9 Å². The second-order valence-corrected chi connectivity index (χ2v) is 8.34. The first-order valence-electron chi connectivity index (χ1n) is 8.41. The Kier molecular flexibility index (Phi) is 6.66. The minimum absolute atomic E-state index is 0.0774. The fourth-order valence-corrected chi connectivity index (χ4v) is 3.66. The van der Waals surface area contributed by atoms with Crippen LogP contribution in [0.3, 0.4) is 0 Å². The van der Waals surface area contributed by atoms with Crippen LogP contribution < -0.4 is 14.5 Å². The number of ether oxygens (including phenoxy) is 1. The lowest BCUT2D eigenvalue weighted by Crippen LogP contribution is -2.36. The summed E-state index contributed by atoms with van der Waals surface area (Å²) in [7, 11) is 0.374. The van der Waals surface area contributed by atoms with Crippen LogP contribution in [-0.2, 0) is 19.6 Å². The Hall–Kier alpha value is -1.80. The van der Waals surface area contributed by atoms with Gasteiger partial charge in [-0.3, -0.25) is 9.10 Å². The Labute approximate surface area is 150 Å². The molecule has 7 nitrogen and oxygen atoms in total. The molecule has 8 heteroatoms. The standard InChI is InChI=1S/C17H27N3O4S/c1-19(2)14-6-8-15(9-7-14)20(25(3,22)23)11-10-17(21)18-13-16-5-4-12-24-16/h6-9,16H,4-5,10-13H2,1-3H3,(H,18,21). The summed E-state index contributed by atoms with van der Waals surface area (Å²) in [6.45, 7) is 1.33. The molecule has 1 N–H and O–H groups in total. The highest BCUT2D eigenvalue weighted by Gasteiger charge is 2.20.